The Balaban J connectivity index is 3.84. The van der Waals surface area contributed by atoms with Crippen LogP contribution in [0.1, 0.15) is 73.1 Å². The zero-order valence-electron chi connectivity index (χ0n) is 11.2. The second kappa shape index (κ2) is 7.03. The van der Waals surface area contributed by atoms with Gasteiger partial charge < -0.3 is 0 Å². The molecule has 0 aromatic heterocycles. The number of ketones is 1. The Hall–Kier alpha value is -0.330. The molecule has 0 aliphatic rings. The summed E-state index contributed by atoms with van der Waals surface area (Å²) in [4.78, 5) is 11.5. The van der Waals surface area contributed by atoms with E-state index in [1.165, 1.54) is 32.1 Å². The molecule has 0 radical (unpaired) electrons. The van der Waals surface area contributed by atoms with Crippen LogP contribution in [0.3, 0.4) is 0 Å². The smallest absolute Gasteiger partial charge is 0.133 e. The van der Waals surface area contributed by atoms with Crippen LogP contribution in [0.2, 0.25) is 0 Å². The third kappa shape index (κ3) is 6.70. The molecule has 0 spiro atoms. The highest BCUT2D eigenvalue weighted by molar-refractivity contribution is 5.78. The number of unbranched alkanes of at least 4 members (excludes halogenated alkanes) is 4. The maximum Gasteiger partial charge on any atom is 0.133 e. The topological polar surface area (TPSA) is 17.1 Å². The molecule has 90 valence electrons. The fourth-order valence-corrected chi connectivity index (χ4v) is 2.20. The summed E-state index contributed by atoms with van der Waals surface area (Å²) in [6.45, 7) is 10.5. The Kier molecular flexibility index (Phi) is 6.87. The van der Waals surface area contributed by atoms with Crippen molar-refractivity contribution in [1.29, 1.82) is 0 Å². The average molecular weight is 212 g/mol. The van der Waals surface area contributed by atoms with Crippen molar-refractivity contribution in [2.24, 2.45) is 11.3 Å². The van der Waals surface area contributed by atoms with Gasteiger partial charge in [0.25, 0.3) is 0 Å². The van der Waals surface area contributed by atoms with Crippen molar-refractivity contribution >= 4 is 5.78 Å². The third-order valence-electron chi connectivity index (χ3n) is 3.13. The van der Waals surface area contributed by atoms with E-state index < -0.39 is 0 Å². The van der Waals surface area contributed by atoms with Crippen molar-refractivity contribution in [1.82, 2.24) is 0 Å². The molecule has 15 heavy (non-hydrogen) atoms. The lowest BCUT2D eigenvalue weighted by Crippen LogP contribution is -2.26. The zero-order valence-corrected chi connectivity index (χ0v) is 11.2. The molecule has 0 amide bonds. The highest BCUT2D eigenvalue weighted by Crippen LogP contribution is 2.31. The minimum atomic E-state index is 0.136. The van der Waals surface area contributed by atoms with E-state index in [2.05, 4.69) is 27.7 Å². The standard InChI is InChI=1S/C14H28O/c1-6-7-8-9-10-11-13(12(2)15)14(3,4)5/h13H,6-11H2,1-5H3. The fourth-order valence-electron chi connectivity index (χ4n) is 2.20. The molecular formula is C14H28O. The second-order valence-corrected chi connectivity index (χ2v) is 5.73. The van der Waals surface area contributed by atoms with Crippen LogP contribution in [0.5, 0.6) is 0 Å². The van der Waals surface area contributed by atoms with E-state index in [1.54, 1.807) is 6.92 Å². The predicted octanol–water partition coefficient (Wildman–Crippen LogP) is 4.60. The molecule has 0 aromatic carbocycles. The first-order valence-corrected chi connectivity index (χ1v) is 6.40. The Morgan fingerprint density at radius 1 is 1.07 bits per heavy atom. The van der Waals surface area contributed by atoms with Crippen molar-refractivity contribution in [3.63, 3.8) is 0 Å². The molecule has 1 heteroatoms. The van der Waals surface area contributed by atoms with Crippen LogP contribution in [0.15, 0.2) is 0 Å². The lowest BCUT2D eigenvalue weighted by Gasteiger charge is -2.28. The molecule has 0 saturated heterocycles. The highest BCUT2D eigenvalue weighted by Gasteiger charge is 2.27. The fraction of sp³-hybridized carbons (Fsp3) is 0.929. The van der Waals surface area contributed by atoms with Gasteiger partial charge >= 0.3 is 0 Å². The SMILES string of the molecule is CCCCCCCC(C(C)=O)C(C)(C)C. The molecule has 1 nitrogen and oxygen atoms in total. The minimum absolute atomic E-state index is 0.136. The minimum Gasteiger partial charge on any atom is -0.300 e. The summed E-state index contributed by atoms with van der Waals surface area (Å²) in [6, 6.07) is 0. The van der Waals surface area contributed by atoms with Crippen LogP contribution < -0.4 is 0 Å². The van der Waals surface area contributed by atoms with Gasteiger partial charge in [-0.2, -0.15) is 0 Å². The van der Waals surface area contributed by atoms with E-state index >= 15 is 0 Å². The second-order valence-electron chi connectivity index (χ2n) is 5.73. The van der Waals surface area contributed by atoms with E-state index in [-0.39, 0.29) is 11.3 Å². The molecule has 1 atom stereocenters. The lowest BCUT2D eigenvalue weighted by molar-refractivity contribution is -0.124. The van der Waals surface area contributed by atoms with Gasteiger partial charge in [-0.15, -0.1) is 0 Å². The van der Waals surface area contributed by atoms with Crippen molar-refractivity contribution in [3.05, 3.63) is 0 Å². The molecule has 0 aliphatic heterocycles. The molecular weight excluding hydrogens is 184 g/mol. The maximum atomic E-state index is 11.5. The van der Waals surface area contributed by atoms with Gasteiger partial charge in [-0.1, -0.05) is 59.8 Å². The monoisotopic (exact) mass is 212 g/mol. The predicted molar refractivity (Wildman–Crippen MR) is 67.0 cm³/mol. The summed E-state index contributed by atoms with van der Waals surface area (Å²) in [5.41, 5.74) is 0.136. The van der Waals surface area contributed by atoms with Crippen molar-refractivity contribution < 1.29 is 4.79 Å². The largest absolute Gasteiger partial charge is 0.300 e. The van der Waals surface area contributed by atoms with Crippen LogP contribution in [-0.4, -0.2) is 5.78 Å². The van der Waals surface area contributed by atoms with Gasteiger partial charge in [-0.25, -0.2) is 0 Å². The number of hydrogen-bond acceptors (Lipinski definition) is 1. The Morgan fingerprint density at radius 3 is 2.00 bits per heavy atom. The summed E-state index contributed by atoms with van der Waals surface area (Å²) in [7, 11) is 0. The summed E-state index contributed by atoms with van der Waals surface area (Å²) >= 11 is 0. The normalized spacial score (nSPS) is 13.9. The molecule has 0 rings (SSSR count). The first-order chi connectivity index (χ1) is 6.89. The number of Topliss-reactive ketones (excluding diaryl/α,β-unsaturated/α-hetero) is 1. The van der Waals surface area contributed by atoms with Crippen LogP contribution >= 0.6 is 0 Å². The van der Waals surface area contributed by atoms with E-state index in [1.807, 2.05) is 0 Å². The lowest BCUT2D eigenvalue weighted by atomic mass is 9.75. The first kappa shape index (κ1) is 14.7. The van der Waals surface area contributed by atoms with Crippen molar-refractivity contribution in [2.75, 3.05) is 0 Å². The number of carbonyl (C=O) groups is 1. The molecule has 0 bridgehead atoms. The summed E-state index contributed by atoms with van der Waals surface area (Å²) in [5, 5.41) is 0. The third-order valence-corrected chi connectivity index (χ3v) is 3.13. The molecule has 0 aliphatic carbocycles. The quantitative estimate of drug-likeness (QED) is 0.564. The number of rotatable bonds is 7. The zero-order chi connectivity index (χ0) is 11.9. The number of carbonyl (C=O) groups excluding carboxylic acids is 1. The molecule has 0 aromatic rings. The van der Waals surface area contributed by atoms with Crippen LogP contribution in [0.25, 0.3) is 0 Å². The van der Waals surface area contributed by atoms with Gasteiger partial charge in [-0.05, 0) is 18.8 Å². The highest BCUT2D eigenvalue weighted by atomic mass is 16.1. The Labute approximate surface area is 95.6 Å². The van der Waals surface area contributed by atoms with Crippen LogP contribution in [0.4, 0.5) is 0 Å². The van der Waals surface area contributed by atoms with Crippen LogP contribution in [-0.2, 0) is 4.79 Å². The van der Waals surface area contributed by atoms with Crippen molar-refractivity contribution in [3.8, 4) is 0 Å². The number of hydrogen-bond donors (Lipinski definition) is 0. The van der Waals surface area contributed by atoms with Gasteiger partial charge in [0.15, 0.2) is 0 Å². The van der Waals surface area contributed by atoms with Crippen molar-refractivity contribution in [2.45, 2.75) is 73.1 Å². The van der Waals surface area contributed by atoms with Gasteiger partial charge in [0.1, 0.15) is 5.78 Å². The molecule has 0 heterocycles. The van der Waals surface area contributed by atoms with Crippen LogP contribution in [0, 0.1) is 11.3 Å². The van der Waals surface area contributed by atoms with E-state index in [4.69, 9.17) is 0 Å². The van der Waals surface area contributed by atoms with E-state index in [9.17, 15) is 4.79 Å². The van der Waals surface area contributed by atoms with Gasteiger partial charge in [0.2, 0.25) is 0 Å². The summed E-state index contributed by atoms with van der Waals surface area (Å²) < 4.78 is 0. The van der Waals surface area contributed by atoms with E-state index in [0.717, 1.165) is 6.42 Å². The summed E-state index contributed by atoms with van der Waals surface area (Å²) in [6.07, 6.45) is 7.51. The van der Waals surface area contributed by atoms with E-state index in [0.29, 0.717) is 5.78 Å². The van der Waals surface area contributed by atoms with Gasteiger partial charge in [0, 0.05) is 5.92 Å². The summed E-state index contributed by atoms with van der Waals surface area (Å²) in [5.74, 6) is 0.608. The maximum absolute atomic E-state index is 11.5. The molecule has 0 N–H and O–H groups in total. The average Bonchev–Trinajstić information content (AvgIpc) is 2.08. The van der Waals surface area contributed by atoms with Gasteiger partial charge in [0.05, 0.1) is 0 Å². The van der Waals surface area contributed by atoms with Gasteiger partial charge in [-0.3, -0.25) is 4.79 Å². The Morgan fingerprint density at radius 2 is 1.60 bits per heavy atom. The first-order valence-electron chi connectivity index (χ1n) is 6.40. The molecule has 0 fully saturated rings. The molecule has 1 unspecified atom stereocenters. The Bertz CT molecular complexity index is 176. The molecule has 0 saturated carbocycles.